The molecule has 3 rings (SSSR count). The SMILES string of the molecule is O=C1C(CCNc2ccc(F)cc2)SC(NCC2CCCCC2)N1OC(=O)C(F)(F)F. The molecule has 6 nitrogen and oxygen atoms in total. The summed E-state index contributed by atoms with van der Waals surface area (Å²) in [6, 6.07) is 5.68. The monoisotopic (exact) mass is 463 g/mol. The van der Waals surface area contributed by atoms with Crippen molar-refractivity contribution < 1.29 is 32.0 Å². The van der Waals surface area contributed by atoms with Gasteiger partial charge in [0.05, 0.1) is 5.25 Å². The molecule has 11 heteroatoms. The summed E-state index contributed by atoms with van der Waals surface area (Å²) < 4.78 is 51.0. The second-order valence-electron chi connectivity index (χ2n) is 7.65. The van der Waals surface area contributed by atoms with E-state index in [-0.39, 0.29) is 5.82 Å². The van der Waals surface area contributed by atoms with Gasteiger partial charge in [0.25, 0.3) is 5.91 Å². The van der Waals surface area contributed by atoms with Crippen LogP contribution in [0, 0.1) is 11.7 Å². The van der Waals surface area contributed by atoms with Gasteiger partial charge in [-0.3, -0.25) is 10.1 Å². The van der Waals surface area contributed by atoms with Crippen LogP contribution in [0.1, 0.15) is 38.5 Å². The molecule has 1 saturated heterocycles. The first-order valence-electron chi connectivity index (χ1n) is 10.2. The van der Waals surface area contributed by atoms with Gasteiger partial charge in [-0.25, -0.2) is 9.18 Å². The van der Waals surface area contributed by atoms with Gasteiger partial charge < -0.3 is 10.2 Å². The number of thioether (sulfide) groups is 1. The summed E-state index contributed by atoms with van der Waals surface area (Å²) in [5, 5.41) is 5.97. The summed E-state index contributed by atoms with van der Waals surface area (Å²) in [6.45, 7) is 0.872. The molecule has 2 aliphatic rings. The van der Waals surface area contributed by atoms with E-state index < -0.39 is 28.8 Å². The number of anilines is 1. The van der Waals surface area contributed by atoms with E-state index in [0.29, 0.717) is 36.2 Å². The van der Waals surface area contributed by atoms with Crippen LogP contribution in [0.25, 0.3) is 0 Å². The number of rotatable bonds is 8. The van der Waals surface area contributed by atoms with Crippen molar-refractivity contribution in [2.24, 2.45) is 5.92 Å². The Morgan fingerprint density at radius 2 is 1.84 bits per heavy atom. The molecular weight excluding hydrogens is 438 g/mol. The quantitative estimate of drug-likeness (QED) is 0.567. The maximum absolute atomic E-state index is 13.0. The van der Waals surface area contributed by atoms with E-state index in [1.165, 1.54) is 18.6 Å². The molecule has 2 fully saturated rings. The number of hydrogen-bond acceptors (Lipinski definition) is 6. The molecule has 0 spiro atoms. The Balaban J connectivity index is 1.58. The molecule has 31 heavy (non-hydrogen) atoms. The van der Waals surface area contributed by atoms with Crippen LogP contribution in [0.5, 0.6) is 0 Å². The van der Waals surface area contributed by atoms with Crippen molar-refractivity contribution in [3.8, 4) is 0 Å². The normalized spacial score (nSPS) is 22.6. The highest BCUT2D eigenvalue weighted by Crippen LogP contribution is 2.34. The molecular formula is C20H25F4N3O3S. The number of nitrogens with zero attached hydrogens (tertiary/aromatic N) is 1. The molecule has 1 aliphatic heterocycles. The van der Waals surface area contributed by atoms with Crippen molar-refractivity contribution in [3.05, 3.63) is 30.1 Å². The van der Waals surface area contributed by atoms with E-state index in [1.807, 2.05) is 0 Å². The Hall–Kier alpha value is -2.01. The van der Waals surface area contributed by atoms with Crippen LogP contribution >= 0.6 is 11.8 Å². The molecule has 1 saturated carbocycles. The zero-order chi connectivity index (χ0) is 22.4. The average Bonchev–Trinajstić information content (AvgIpc) is 3.03. The maximum atomic E-state index is 13.0. The van der Waals surface area contributed by atoms with Gasteiger partial charge in [-0.05, 0) is 49.4 Å². The van der Waals surface area contributed by atoms with E-state index in [1.54, 1.807) is 12.1 Å². The highest BCUT2D eigenvalue weighted by Gasteiger charge is 2.48. The fraction of sp³-hybridized carbons (Fsp3) is 0.600. The molecule has 1 aliphatic carbocycles. The highest BCUT2D eigenvalue weighted by atomic mass is 32.2. The van der Waals surface area contributed by atoms with Crippen molar-refractivity contribution >= 4 is 29.3 Å². The minimum atomic E-state index is -5.19. The first-order chi connectivity index (χ1) is 14.7. The molecule has 0 aromatic heterocycles. The van der Waals surface area contributed by atoms with Crippen LogP contribution in [-0.4, -0.2) is 47.0 Å². The smallest absolute Gasteiger partial charge is 0.385 e. The Bertz CT molecular complexity index is 757. The third kappa shape index (κ3) is 6.73. The Labute approximate surface area is 182 Å². The van der Waals surface area contributed by atoms with Gasteiger partial charge in [-0.1, -0.05) is 19.3 Å². The van der Waals surface area contributed by atoms with Crippen LogP contribution in [0.15, 0.2) is 24.3 Å². The highest BCUT2D eigenvalue weighted by molar-refractivity contribution is 8.01. The van der Waals surface area contributed by atoms with Crippen LogP contribution in [0.2, 0.25) is 0 Å². The summed E-state index contributed by atoms with van der Waals surface area (Å²) in [4.78, 5) is 28.4. The number of amides is 1. The van der Waals surface area contributed by atoms with E-state index in [9.17, 15) is 27.2 Å². The standard InChI is InChI=1S/C20H25F4N3O3S/c21-14-6-8-15(9-7-14)25-11-10-16-17(28)27(30-18(29)20(22,23)24)19(31-16)26-12-13-4-2-1-3-5-13/h6-9,13,16,19,25-26H,1-5,10-12H2. The Kier molecular flexibility index (Phi) is 8.04. The lowest BCUT2D eigenvalue weighted by Gasteiger charge is -2.27. The van der Waals surface area contributed by atoms with Crippen LogP contribution < -0.4 is 10.6 Å². The van der Waals surface area contributed by atoms with Crippen LogP contribution in [0.4, 0.5) is 23.2 Å². The Morgan fingerprint density at radius 3 is 2.48 bits per heavy atom. The number of carbonyl (C=O) groups excluding carboxylic acids is 2. The largest absolute Gasteiger partial charge is 0.493 e. The summed E-state index contributed by atoms with van der Waals surface area (Å²) >= 11 is 1.13. The lowest BCUT2D eigenvalue weighted by Crippen LogP contribution is -2.47. The molecule has 1 aromatic carbocycles. The van der Waals surface area contributed by atoms with Crippen LogP contribution in [0.3, 0.4) is 0 Å². The van der Waals surface area contributed by atoms with Crippen molar-refractivity contribution in [2.45, 2.75) is 55.4 Å². The first kappa shape index (κ1) is 23.6. The zero-order valence-corrected chi connectivity index (χ0v) is 17.6. The number of nitrogens with one attached hydrogen (secondary N) is 2. The van der Waals surface area contributed by atoms with E-state index >= 15 is 0 Å². The van der Waals surface area contributed by atoms with Gasteiger partial charge in [-0.15, -0.1) is 16.8 Å². The maximum Gasteiger partial charge on any atom is 0.493 e. The predicted octanol–water partition coefficient (Wildman–Crippen LogP) is 4.05. The van der Waals surface area contributed by atoms with Gasteiger partial charge in [0.2, 0.25) is 0 Å². The van der Waals surface area contributed by atoms with Crippen LogP contribution in [-0.2, 0) is 14.4 Å². The second-order valence-corrected chi connectivity index (χ2v) is 8.94. The van der Waals surface area contributed by atoms with Gasteiger partial charge >= 0.3 is 12.1 Å². The van der Waals surface area contributed by atoms with Crippen molar-refractivity contribution in [1.29, 1.82) is 0 Å². The van der Waals surface area contributed by atoms with E-state index in [0.717, 1.165) is 37.4 Å². The molecule has 1 heterocycles. The fourth-order valence-corrected chi connectivity index (χ4v) is 4.89. The molecule has 0 bridgehead atoms. The number of alkyl halides is 3. The minimum Gasteiger partial charge on any atom is -0.385 e. The molecule has 1 amide bonds. The van der Waals surface area contributed by atoms with Crippen molar-refractivity contribution in [3.63, 3.8) is 0 Å². The molecule has 172 valence electrons. The van der Waals surface area contributed by atoms with Gasteiger partial charge in [0.1, 0.15) is 5.82 Å². The molecule has 0 radical (unpaired) electrons. The summed E-state index contributed by atoms with van der Waals surface area (Å²) in [5.74, 6) is -3.11. The van der Waals surface area contributed by atoms with E-state index in [4.69, 9.17) is 0 Å². The lowest BCUT2D eigenvalue weighted by atomic mass is 9.89. The second kappa shape index (κ2) is 10.5. The topological polar surface area (TPSA) is 70.7 Å². The third-order valence-corrected chi connectivity index (χ3v) is 6.68. The lowest BCUT2D eigenvalue weighted by molar-refractivity contribution is -0.238. The summed E-state index contributed by atoms with van der Waals surface area (Å²) in [6.07, 6.45) is 0.522. The fourth-order valence-electron chi connectivity index (χ4n) is 3.66. The molecule has 2 N–H and O–H groups in total. The molecule has 2 atom stereocenters. The van der Waals surface area contributed by atoms with Gasteiger partial charge in [0.15, 0.2) is 5.50 Å². The first-order valence-corrected chi connectivity index (χ1v) is 11.2. The van der Waals surface area contributed by atoms with Gasteiger partial charge in [-0.2, -0.15) is 13.2 Å². The minimum absolute atomic E-state index is 0.294. The van der Waals surface area contributed by atoms with E-state index in [2.05, 4.69) is 15.5 Å². The van der Waals surface area contributed by atoms with Crippen molar-refractivity contribution in [2.75, 3.05) is 18.4 Å². The number of benzene rings is 1. The predicted molar refractivity (Wildman–Crippen MR) is 108 cm³/mol. The average molecular weight is 463 g/mol. The summed E-state index contributed by atoms with van der Waals surface area (Å²) in [5.41, 5.74) is -0.222. The van der Waals surface area contributed by atoms with Gasteiger partial charge in [0, 0.05) is 18.8 Å². The third-order valence-electron chi connectivity index (χ3n) is 5.30. The number of carbonyl (C=O) groups is 2. The number of hydrogen-bond donors (Lipinski definition) is 2. The molecule has 2 unspecified atom stereocenters. The Morgan fingerprint density at radius 1 is 1.16 bits per heavy atom. The number of halogens is 4. The van der Waals surface area contributed by atoms with Crippen molar-refractivity contribution in [1.82, 2.24) is 10.4 Å². The molecule has 1 aromatic rings. The summed E-state index contributed by atoms with van der Waals surface area (Å²) in [7, 11) is 0. The number of hydroxylamine groups is 2. The zero-order valence-electron chi connectivity index (χ0n) is 16.8.